The van der Waals surface area contributed by atoms with E-state index in [2.05, 4.69) is 0 Å². The van der Waals surface area contributed by atoms with Crippen molar-refractivity contribution >= 4 is 0 Å². The standard InChI is InChI=1S/C19H12F5NO2/c1-9-4-10(8-25)6-11(5-9)27-14-3-2-12-16-15(14)13(20)7-17(16,26)19(23,24)18(12,21)22/h2-6,13,26H,7H2,1H3/t13-,17+/m0/s1. The van der Waals surface area contributed by atoms with E-state index in [1.165, 1.54) is 12.1 Å². The second kappa shape index (κ2) is 5.20. The van der Waals surface area contributed by atoms with E-state index >= 15 is 0 Å². The SMILES string of the molecule is Cc1cc(C#N)cc(Oc2ccc3c4c2[C@@H](F)C[C@]4(O)C(F)(F)C3(F)F)c1. The lowest BCUT2D eigenvalue weighted by Crippen LogP contribution is -2.48. The maximum atomic E-state index is 14.5. The fourth-order valence-corrected chi connectivity index (χ4v) is 3.88. The smallest absolute Gasteiger partial charge is 0.346 e. The summed E-state index contributed by atoms with van der Waals surface area (Å²) in [5, 5.41) is 19.3. The highest BCUT2D eigenvalue weighted by atomic mass is 19.3. The van der Waals surface area contributed by atoms with Gasteiger partial charge in [0, 0.05) is 23.1 Å². The number of benzene rings is 2. The molecule has 0 bridgehead atoms. The monoisotopic (exact) mass is 381 g/mol. The van der Waals surface area contributed by atoms with Gasteiger partial charge in [0.15, 0.2) is 5.60 Å². The van der Waals surface area contributed by atoms with Crippen LogP contribution in [0, 0.1) is 18.3 Å². The van der Waals surface area contributed by atoms with Crippen molar-refractivity contribution in [3.63, 3.8) is 0 Å². The molecule has 2 aliphatic rings. The fraction of sp³-hybridized carbons (Fsp3) is 0.316. The molecule has 3 nitrogen and oxygen atoms in total. The van der Waals surface area contributed by atoms with E-state index in [-0.39, 0.29) is 17.1 Å². The summed E-state index contributed by atoms with van der Waals surface area (Å²) < 4.78 is 76.9. The Hall–Kier alpha value is -2.66. The fourth-order valence-electron chi connectivity index (χ4n) is 3.88. The number of ether oxygens (including phenoxy) is 1. The third-order valence-corrected chi connectivity index (χ3v) is 5.07. The Bertz CT molecular complexity index is 1010. The number of hydrogen-bond acceptors (Lipinski definition) is 3. The molecule has 4 rings (SSSR count). The Balaban J connectivity index is 1.89. The molecule has 0 aromatic heterocycles. The summed E-state index contributed by atoms with van der Waals surface area (Å²) in [5.41, 5.74) is -4.80. The molecule has 27 heavy (non-hydrogen) atoms. The van der Waals surface area contributed by atoms with Crippen LogP contribution >= 0.6 is 0 Å². The van der Waals surface area contributed by atoms with Gasteiger partial charge in [-0.15, -0.1) is 0 Å². The number of nitrogens with zero attached hydrogens (tertiary/aromatic N) is 1. The number of halogens is 5. The number of alkyl halides is 5. The first-order valence-electron chi connectivity index (χ1n) is 8.02. The first kappa shape index (κ1) is 17.7. The lowest BCUT2D eigenvalue weighted by atomic mass is 9.95. The lowest BCUT2D eigenvalue weighted by Gasteiger charge is -2.30. The van der Waals surface area contributed by atoms with Crippen molar-refractivity contribution in [3.05, 3.63) is 58.1 Å². The minimum atomic E-state index is -4.84. The second-order valence-corrected chi connectivity index (χ2v) is 6.83. The van der Waals surface area contributed by atoms with E-state index in [9.17, 15) is 27.1 Å². The van der Waals surface area contributed by atoms with E-state index in [1.807, 2.05) is 6.07 Å². The first-order valence-corrected chi connectivity index (χ1v) is 8.02. The molecule has 0 unspecified atom stereocenters. The Morgan fingerprint density at radius 2 is 1.89 bits per heavy atom. The molecule has 8 heteroatoms. The van der Waals surface area contributed by atoms with Gasteiger partial charge in [-0.1, -0.05) is 0 Å². The van der Waals surface area contributed by atoms with Crippen molar-refractivity contribution in [2.24, 2.45) is 0 Å². The Morgan fingerprint density at radius 3 is 2.56 bits per heavy atom. The molecule has 140 valence electrons. The van der Waals surface area contributed by atoms with Crippen molar-refractivity contribution in [2.45, 2.75) is 37.0 Å². The molecule has 0 saturated heterocycles. The molecule has 2 aromatic carbocycles. The van der Waals surface area contributed by atoms with Gasteiger partial charge in [0.1, 0.15) is 17.7 Å². The third-order valence-electron chi connectivity index (χ3n) is 5.07. The van der Waals surface area contributed by atoms with E-state index in [1.54, 1.807) is 13.0 Å². The topological polar surface area (TPSA) is 53.2 Å². The van der Waals surface area contributed by atoms with Crippen LogP contribution in [0.1, 0.15) is 40.4 Å². The van der Waals surface area contributed by atoms with E-state index < -0.39 is 46.7 Å². The number of rotatable bonds is 2. The zero-order chi connectivity index (χ0) is 19.8. The molecule has 0 spiro atoms. The van der Waals surface area contributed by atoms with Crippen molar-refractivity contribution in [3.8, 4) is 17.6 Å². The van der Waals surface area contributed by atoms with Crippen LogP contribution in [0.5, 0.6) is 11.5 Å². The second-order valence-electron chi connectivity index (χ2n) is 6.83. The largest absolute Gasteiger partial charge is 0.457 e. The minimum Gasteiger partial charge on any atom is -0.457 e. The van der Waals surface area contributed by atoms with Crippen molar-refractivity contribution in [1.29, 1.82) is 5.26 Å². The van der Waals surface area contributed by atoms with Gasteiger partial charge in [0.2, 0.25) is 0 Å². The molecular weight excluding hydrogens is 369 g/mol. The molecule has 0 amide bonds. The molecule has 2 aromatic rings. The number of aryl methyl sites for hydroxylation is 1. The molecule has 0 fully saturated rings. The van der Waals surface area contributed by atoms with Crippen LogP contribution < -0.4 is 4.74 Å². The van der Waals surface area contributed by atoms with Crippen LogP contribution in [0.2, 0.25) is 0 Å². The summed E-state index contributed by atoms with van der Waals surface area (Å²) in [5.74, 6) is -9.59. The van der Waals surface area contributed by atoms with Gasteiger partial charge in [-0.25, -0.2) is 4.39 Å². The Kier molecular flexibility index (Phi) is 3.41. The first-order chi connectivity index (χ1) is 12.5. The van der Waals surface area contributed by atoms with Gasteiger partial charge in [0.05, 0.1) is 11.6 Å². The molecule has 0 aliphatic heterocycles. The molecule has 0 saturated carbocycles. The molecule has 2 atom stereocenters. The summed E-state index contributed by atoms with van der Waals surface area (Å²) in [7, 11) is 0. The highest BCUT2D eigenvalue weighted by Crippen LogP contribution is 2.68. The summed E-state index contributed by atoms with van der Waals surface area (Å²) in [4.78, 5) is 0. The number of aliphatic hydroxyl groups is 1. The van der Waals surface area contributed by atoms with Crippen LogP contribution in [0.3, 0.4) is 0 Å². The highest BCUT2D eigenvalue weighted by molar-refractivity contribution is 5.60. The van der Waals surface area contributed by atoms with Gasteiger partial charge in [-0.05, 0) is 42.8 Å². The maximum Gasteiger partial charge on any atom is 0.346 e. The van der Waals surface area contributed by atoms with Gasteiger partial charge >= 0.3 is 11.8 Å². The normalized spacial score (nSPS) is 26.5. The number of nitriles is 1. The molecule has 2 aliphatic carbocycles. The molecule has 0 radical (unpaired) electrons. The Labute approximate surface area is 150 Å². The number of hydrogen-bond donors (Lipinski definition) is 1. The van der Waals surface area contributed by atoms with Gasteiger partial charge in [-0.3, -0.25) is 0 Å². The van der Waals surface area contributed by atoms with Crippen LogP contribution in [-0.4, -0.2) is 11.0 Å². The highest BCUT2D eigenvalue weighted by Gasteiger charge is 2.79. The van der Waals surface area contributed by atoms with Gasteiger partial charge < -0.3 is 9.84 Å². The van der Waals surface area contributed by atoms with Crippen LogP contribution in [0.4, 0.5) is 22.0 Å². The van der Waals surface area contributed by atoms with Crippen molar-refractivity contribution < 1.29 is 31.8 Å². The summed E-state index contributed by atoms with van der Waals surface area (Å²) in [6, 6.07) is 8.07. The van der Waals surface area contributed by atoms with Gasteiger partial charge in [-0.2, -0.15) is 22.8 Å². The zero-order valence-corrected chi connectivity index (χ0v) is 13.9. The van der Waals surface area contributed by atoms with Crippen molar-refractivity contribution in [1.82, 2.24) is 0 Å². The summed E-state index contributed by atoms with van der Waals surface area (Å²) >= 11 is 0. The zero-order valence-electron chi connectivity index (χ0n) is 13.9. The minimum absolute atomic E-state index is 0.127. The van der Waals surface area contributed by atoms with E-state index in [0.29, 0.717) is 5.56 Å². The average Bonchev–Trinajstić information content (AvgIpc) is 2.92. The molecular formula is C19H12F5NO2. The maximum absolute atomic E-state index is 14.5. The quantitative estimate of drug-likeness (QED) is 0.745. The van der Waals surface area contributed by atoms with Gasteiger partial charge in [0.25, 0.3) is 0 Å². The van der Waals surface area contributed by atoms with Crippen LogP contribution in [0.15, 0.2) is 30.3 Å². The Morgan fingerprint density at radius 1 is 1.19 bits per heavy atom. The summed E-state index contributed by atoms with van der Waals surface area (Å²) in [6.07, 6.45) is -3.28. The predicted octanol–water partition coefficient (Wildman–Crippen LogP) is 5.00. The molecule has 1 N–H and O–H groups in total. The van der Waals surface area contributed by atoms with Crippen LogP contribution in [0.25, 0.3) is 0 Å². The average molecular weight is 381 g/mol. The van der Waals surface area contributed by atoms with Crippen LogP contribution in [-0.2, 0) is 11.5 Å². The third kappa shape index (κ3) is 2.09. The van der Waals surface area contributed by atoms with Crippen molar-refractivity contribution in [2.75, 3.05) is 0 Å². The van der Waals surface area contributed by atoms with E-state index in [4.69, 9.17) is 10.00 Å². The summed E-state index contributed by atoms with van der Waals surface area (Å²) in [6.45, 7) is 1.69. The van der Waals surface area contributed by atoms with E-state index in [0.717, 1.165) is 12.1 Å². The predicted molar refractivity (Wildman–Crippen MR) is 83.6 cm³/mol. The molecule has 0 heterocycles. The lowest BCUT2D eigenvalue weighted by molar-refractivity contribution is -0.287.